The van der Waals surface area contributed by atoms with Crippen molar-refractivity contribution >= 4 is 70.9 Å². The maximum atomic E-state index is 5.17. The smallest absolute Gasteiger partial charge is 0.124 e. The molecule has 0 aliphatic carbocycles. The lowest BCUT2D eigenvalue weighted by atomic mass is 9.96. The van der Waals surface area contributed by atoms with Crippen LogP contribution in [-0.4, -0.2) is 4.98 Å². The first-order valence-corrected chi connectivity index (χ1v) is 18.4. The lowest BCUT2D eigenvalue weighted by Gasteiger charge is -2.26. The highest BCUT2D eigenvalue weighted by Crippen LogP contribution is 2.40. The van der Waals surface area contributed by atoms with Crippen LogP contribution in [0.4, 0.5) is 17.1 Å². The van der Waals surface area contributed by atoms with E-state index in [-0.39, 0.29) is 0 Å². The van der Waals surface area contributed by atoms with Crippen LogP contribution in [0.15, 0.2) is 194 Å². The zero-order valence-corrected chi connectivity index (χ0v) is 29.1. The third-order valence-corrected chi connectivity index (χ3v) is 11.1. The SMILES string of the molecule is c1ccc(-c2ccc(N(c3ccc(-c4ccc5c(ccc6ccc7sc(-c8ccccc8)nc7c65)c4)cc3)c3ccc4ccccc4c3)cc2)cc1. The summed E-state index contributed by atoms with van der Waals surface area (Å²) in [5.74, 6) is 0. The Hall–Kier alpha value is -6.55. The highest BCUT2D eigenvalue weighted by atomic mass is 32.1. The van der Waals surface area contributed by atoms with Crippen LogP contribution in [0.1, 0.15) is 0 Å². The van der Waals surface area contributed by atoms with Gasteiger partial charge in [-0.15, -0.1) is 11.3 Å². The Balaban J connectivity index is 1.03. The molecule has 0 bridgehead atoms. The summed E-state index contributed by atoms with van der Waals surface area (Å²) in [6.45, 7) is 0. The van der Waals surface area contributed by atoms with Crippen molar-refractivity contribution in [1.29, 1.82) is 0 Å². The van der Waals surface area contributed by atoms with Gasteiger partial charge in [0, 0.05) is 28.0 Å². The van der Waals surface area contributed by atoms with Crippen molar-refractivity contribution in [2.75, 3.05) is 4.90 Å². The van der Waals surface area contributed by atoms with Gasteiger partial charge < -0.3 is 4.90 Å². The number of benzene rings is 9. The van der Waals surface area contributed by atoms with Crippen LogP contribution in [0.3, 0.4) is 0 Å². The van der Waals surface area contributed by atoms with E-state index in [9.17, 15) is 0 Å². The van der Waals surface area contributed by atoms with Crippen LogP contribution >= 0.6 is 11.3 Å². The van der Waals surface area contributed by atoms with Gasteiger partial charge in [0.2, 0.25) is 0 Å². The van der Waals surface area contributed by atoms with E-state index in [1.54, 1.807) is 11.3 Å². The minimum Gasteiger partial charge on any atom is -0.310 e. The van der Waals surface area contributed by atoms with Gasteiger partial charge in [-0.05, 0) is 97.7 Å². The van der Waals surface area contributed by atoms with Crippen molar-refractivity contribution in [3.63, 3.8) is 0 Å². The second-order valence-corrected chi connectivity index (χ2v) is 14.3. The quantitative estimate of drug-likeness (QED) is 0.163. The molecule has 2 nitrogen and oxygen atoms in total. The molecule has 0 aliphatic rings. The molecule has 1 aromatic heterocycles. The average Bonchev–Trinajstić information content (AvgIpc) is 3.67. The maximum absolute atomic E-state index is 5.17. The summed E-state index contributed by atoms with van der Waals surface area (Å²) in [6.07, 6.45) is 0. The normalized spacial score (nSPS) is 11.5. The average molecular weight is 681 g/mol. The van der Waals surface area contributed by atoms with Crippen LogP contribution in [0, 0.1) is 0 Å². The molecule has 0 spiro atoms. The molecule has 0 amide bonds. The third kappa shape index (κ3) is 5.40. The summed E-state index contributed by atoms with van der Waals surface area (Å²) in [4.78, 5) is 7.52. The number of hydrogen-bond acceptors (Lipinski definition) is 3. The molecule has 0 atom stereocenters. The van der Waals surface area contributed by atoms with E-state index < -0.39 is 0 Å². The molecule has 10 aromatic rings. The van der Waals surface area contributed by atoms with Crippen molar-refractivity contribution < 1.29 is 0 Å². The minimum atomic E-state index is 1.06. The van der Waals surface area contributed by atoms with Crippen LogP contribution in [0.25, 0.3) is 75.4 Å². The molecule has 9 aromatic carbocycles. The van der Waals surface area contributed by atoms with Gasteiger partial charge in [0.15, 0.2) is 0 Å². The Morgan fingerprint density at radius 1 is 0.365 bits per heavy atom. The number of rotatable bonds is 6. The molecule has 0 N–H and O–H groups in total. The second-order valence-electron chi connectivity index (χ2n) is 13.2. The molecule has 0 fully saturated rings. The molecule has 52 heavy (non-hydrogen) atoms. The van der Waals surface area contributed by atoms with Crippen LogP contribution in [0.5, 0.6) is 0 Å². The van der Waals surface area contributed by atoms with Crippen molar-refractivity contribution in [2.45, 2.75) is 0 Å². The summed E-state index contributed by atoms with van der Waals surface area (Å²) in [7, 11) is 0. The summed E-state index contributed by atoms with van der Waals surface area (Å²) in [5.41, 5.74) is 10.4. The Labute approximate surface area is 306 Å². The predicted octanol–water partition coefficient (Wildman–Crippen LogP) is 14.2. The molecular weight excluding hydrogens is 649 g/mol. The van der Waals surface area contributed by atoms with Crippen molar-refractivity contribution in [2.24, 2.45) is 0 Å². The highest BCUT2D eigenvalue weighted by Gasteiger charge is 2.15. The number of thiazole rings is 1. The van der Waals surface area contributed by atoms with Gasteiger partial charge in [-0.2, -0.15) is 0 Å². The van der Waals surface area contributed by atoms with E-state index in [0.717, 1.165) is 33.1 Å². The zero-order chi connectivity index (χ0) is 34.4. The van der Waals surface area contributed by atoms with Gasteiger partial charge in [-0.1, -0.05) is 146 Å². The molecule has 10 rings (SSSR count). The van der Waals surface area contributed by atoms with E-state index in [4.69, 9.17) is 4.98 Å². The molecule has 0 radical (unpaired) electrons. The number of nitrogens with zero attached hydrogens (tertiary/aromatic N) is 2. The lowest BCUT2D eigenvalue weighted by molar-refractivity contribution is 1.29. The molecule has 0 unspecified atom stereocenters. The summed E-state index contributed by atoms with van der Waals surface area (Å²) in [5, 5.41) is 8.39. The third-order valence-electron chi connectivity index (χ3n) is 10.1. The zero-order valence-electron chi connectivity index (χ0n) is 28.3. The van der Waals surface area contributed by atoms with Gasteiger partial charge in [-0.25, -0.2) is 4.98 Å². The number of anilines is 3. The molecule has 0 aliphatic heterocycles. The lowest BCUT2D eigenvalue weighted by Crippen LogP contribution is -2.09. The van der Waals surface area contributed by atoms with Gasteiger partial charge in [0.05, 0.1) is 10.2 Å². The fourth-order valence-electron chi connectivity index (χ4n) is 7.42. The van der Waals surface area contributed by atoms with Crippen LogP contribution < -0.4 is 4.90 Å². The summed E-state index contributed by atoms with van der Waals surface area (Å²) in [6, 6.07) is 69.9. The largest absolute Gasteiger partial charge is 0.310 e. The molecular formula is C49H32N2S. The summed E-state index contributed by atoms with van der Waals surface area (Å²) < 4.78 is 1.21. The van der Waals surface area contributed by atoms with E-state index in [1.165, 1.54) is 59.3 Å². The second kappa shape index (κ2) is 12.6. The minimum absolute atomic E-state index is 1.06. The molecule has 0 saturated heterocycles. The number of fused-ring (bicyclic) bond motifs is 6. The number of hydrogen-bond donors (Lipinski definition) is 0. The summed E-state index contributed by atoms with van der Waals surface area (Å²) >= 11 is 1.76. The molecule has 3 heteroatoms. The Bertz CT molecular complexity index is 2880. The van der Waals surface area contributed by atoms with E-state index in [0.29, 0.717) is 0 Å². The predicted molar refractivity (Wildman–Crippen MR) is 223 cm³/mol. The fourth-order valence-corrected chi connectivity index (χ4v) is 8.40. The first-order chi connectivity index (χ1) is 25.7. The number of aromatic nitrogens is 1. The first kappa shape index (κ1) is 30.3. The first-order valence-electron chi connectivity index (χ1n) is 17.6. The molecule has 244 valence electrons. The fraction of sp³-hybridized carbons (Fsp3) is 0. The monoisotopic (exact) mass is 680 g/mol. The highest BCUT2D eigenvalue weighted by molar-refractivity contribution is 7.21. The van der Waals surface area contributed by atoms with E-state index in [2.05, 4.69) is 199 Å². The van der Waals surface area contributed by atoms with Crippen molar-refractivity contribution in [1.82, 2.24) is 4.98 Å². The van der Waals surface area contributed by atoms with Gasteiger partial charge in [0.25, 0.3) is 0 Å². The Kier molecular flexibility index (Phi) is 7.37. The maximum Gasteiger partial charge on any atom is 0.124 e. The van der Waals surface area contributed by atoms with Crippen molar-refractivity contribution in [3.05, 3.63) is 194 Å². The van der Waals surface area contributed by atoms with Crippen LogP contribution in [-0.2, 0) is 0 Å². The van der Waals surface area contributed by atoms with E-state index in [1.807, 2.05) is 0 Å². The van der Waals surface area contributed by atoms with Gasteiger partial charge >= 0.3 is 0 Å². The van der Waals surface area contributed by atoms with Gasteiger partial charge in [-0.3, -0.25) is 0 Å². The molecule has 1 heterocycles. The van der Waals surface area contributed by atoms with Gasteiger partial charge in [0.1, 0.15) is 5.01 Å². The van der Waals surface area contributed by atoms with Crippen LogP contribution in [0.2, 0.25) is 0 Å². The van der Waals surface area contributed by atoms with E-state index >= 15 is 0 Å². The Morgan fingerprint density at radius 2 is 0.904 bits per heavy atom. The topological polar surface area (TPSA) is 16.1 Å². The Morgan fingerprint density at radius 3 is 1.63 bits per heavy atom. The van der Waals surface area contributed by atoms with Crippen molar-refractivity contribution in [3.8, 4) is 32.8 Å². The standard InChI is InChI=1S/C49H32N2S/c1-3-9-33(10-4-1)35-17-24-42(25-18-35)51(44-28-21-34-11-7-8-14-39(34)32-44)43-26-19-36(20-27-43)40-22-29-45-41(31-40)16-15-37-23-30-46-48(47(37)45)50-49(52-46)38-12-5-2-6-13-38/h1-32H. The molecule has 0 saturated carbocycles.